The fourth-order valence-corrected chi connectivity index (χ4v) is 2.10. The molecule has 1 rings (SSSR count). The van der Waals surface area contributed by atoms with Crippen LogP contribution in [0.15, 0.2) is 0 Å². The van der Waals surface area contributed by atoms with Gasteiger partial charge in [0.25, 0.3) is 0 Å². The van der Waals surface area contributed by atoms with Gasteiger partial charge in [-0.05, 0) is 27.7 Å². The van der Waals surface area contributed by atoms with Crippen molar-refractivity contribution in [2.75, 3.05) is 6.54 Å². The summed E-state index contributed by atoms with van der Waals surface area (Å²) < 4.78 is 11.6. The first-order valence-corrected chi connectivity index (χ1v) is 5.91. The second-order valence-electron chi connectivity index (χ2n) is 5.28. The zero-order valence-corrected chi connectivity index (χ0v) is 11.4. The maximum Gasteiger partial charge on any atom is 0.180 e. The number of hydrogen-bond donors (Lipinski definition) is 1. The van der Waals surface area contributed by atoms with Crippen molar-refractivity contribution in [2.45, 2.75) is 52.3 Å². The van der Waals surface area contributed by atoms with E-state index in [1.165, 1.54) is 13.8 Å². The number of nitrogens with zero attached hydrogens (tertiary/aromatic N) is 1. The molecule has 1 saturated heterocycles. The quantitative estimate of drug-likeness (QED) is 0.204. The van der Waals surface area contributed by atoms with E-state index in [9.17, 15) is 10.3 Å². The highest BCUT2D eigenvalue weighted by molar-refractivity contribution is 5.17. The Morgan fingerprint density at radius 1 is 1.67 bits per heavy atom. The van der Waals surface area contributed by atoms with Crippen LogP contribution in [-0.2, 0) is 9.47 Å². The average Bonchev–Trinajstić information content (AvgIpc) is 2.38. The molecule has 3 atom stereocenters. The molecular weight excluding hydrogens is 234 g/mol. The van der Waals surface area contributed by atoms with Crippen molar-refractivity contribution in [2.24, 2.45) is 5.41 Å². The van der Waals surface area contributed by atoms with Gasteiger partial charge in [-0.1, -0.05) is 5.92 Å². The maximum atomic E-state index is 11.1. The lowest BCUT2D eigenvalue weighted by molar-refractivity contribution is -0.465. The van der Waals surface area contributed by atoms with E-state index < -0.39 is 17.5 Å². The van der Waals surface area contributed by atoms with E-state index in [1.54, 1.807) is 6.92 Å². The van der Waals surface area contributed by atoms with E-state index in [4.69, 9.17) is 9.47 Å². The lowest BCUT2D eigenvalue weighted by Gasteiger charge is -2.22. The maximum absolute atomic E-state index is 11.1. The SMILES string of the molecule is C=[N+]([O-])C[C@H]1O[C@H](OC(C)(C)O)CC1(C)C#CC. The molecular formula is C13H21NO4. The fraction of sp³-hybridized carbons (Fsp3) is 0.769. The minimum Gasteiger partial charge on any atom is -0.624 e. The van der Waals surface area contributed by atoms with Gasteiger partial charge >= 0.3 is 0 Å². The van der Waals surface area contributed by atoms with Crippen molar-refractivity contribution in [1.82, 2.24) is 0 Å². The van der Waals surface area contributed by atoms with Crippen LogP contribution in [0.2, 0.25) is 0 Å². The zero-order valence-electron chi connectivity index (χ0n) is 11.4. The summed E-state index contributed by atoms with van der Waals surface area (Å²) in [5, 5.41) is 20.7. The Hall–Kier alpha value is -1.09. The van der Waals surface area contributed by atoms with Crippen molar-refractivity contribution < 1.29 is 19.3 Å². The molecule has 5 nitrogen and oxygen atoms in total. The van der Waals surface area contributed by atoms with Gasteiger partial charge < -0.3 is 19.8 Å². The normalized spacial score (nSPS) is 31.8. The van der Waals surface area contributed by atoms with Crippen LogP contribution in [0.25, 0.3) is 0 Å². The monoisotopic (exact) mass is 255 g/mol. The number of rotatable bonds is 4. The first-order valence-electron chi connectivity index (χ1n) is 5.91. The van der Waals surface area contributed by atoms with E-state index in [1.807, 2.05) is 6.92 Å². The molecule has 5 heteroatoms. The van der Waals surface area contributed by atoms with Gasteiger partial charge in [0.1, 0.15) is 12.8 Å². The van der Waals surface area contributed by atoms with Gasteiger partial charge in [-0.3, -0.25) is 0 Å². The highest BCUT2D eigenvalue weighted by Crippen LogP contribution is 2.39. The summed E-state index contributed by atoms with van der Waals surface area (Å²) >= 11 is 0. The minimum absolute atomic E-state index is 0.122. The van der Waals surface area contributed by atoms with Crippen LogP contribution < -0.4 is 0 Å². The van der Waals surface area contributed by atoms with Gasteiger partial charge in [-0.2, -0.15) is 0 Å². The van der Waals surface area contributed by atoms with E-state index in [0.717, 1.165) is 0 Å². The summed E-state index contributed by atoms with van der Waals surface area (Å²) in [6, 6.07) is 0. The lowest BCUT2D eigenvalue weighted by atomic mass is 9.83. The second kappa shape index (κ2) is 5.27. The van der Waals surface area contributed by atoms with Crippen molar-refractivity contribution in [3.05, 3.63) is 5.21 Å². The predicted molar refractivity (Wildman–Crippen MR) is 67.8 cm³/mol. The molecule has 1 heterocycles. The van der Waals surface area contributed by atoms with Gasteiger partial charge in [0.15, 0.2) is 18.6 Å². The molecule has 0 aromatic carbocycles. The average molecular weight is 255 g/mol. The Labute approximate surface area is 108 Å². The highest BCUT2D eigenvalue weighted by Gasteiger charge is 2.47. The first-order chi connectivity index (χ1) is 8.16. The zero-order chi connectivity index (χ0) is 14.0. The van der Waals surface area contributed by atoms with Gasteiger partial charge in [0.2, 0.25) is 0 Å². The summed E-state index contributed by atoms with van der Waals surface area (Å²) in [4.78, 5) is 0. The Bertz CT molecular complexity index is 377. The van der Waals surface area contributed by atoms with Gasteiger partial charge in [-0.15, -0.1) is 5.92 Å². The van der Waals surface area contributed by atoms with Crippen molar-refractivity contribution >= 4 is 6.72 Å². The molecule has 0 amide bonds. The van der Waals surface area contributed by atoms with Crippen LogP contribution in [0.1, 0.15) is 34.1 Å². The van der Waals surface area contributed by atoms with Crippen molar-refractivity contribution in [1.29, 1.82) is 0 Å². The molecule has 0 saturated carbocycles. The molecule has 0 radical (unpaired) electrons. The third-order valence-electron chi connectivity index (χ3n) is 2.82. The third kappa shape index (κ3) is 3.98. The van der Waals surface area contributed by atoms with Gasteiger partial charge in [0.05, 0.1) is 5.41 Å². The Morgan fingerprint density at radius 2 is 2.28 bits per heavy atom. The molecule has 1 aliphatic heterocycles. The summed E-state index contributed by atoms with van der Waals surface area (Å²) in [7, 11) is 0. The molecule has 1 N–H and O–H groups in total. The first kappa shape index (κ1) is 15.0. The molecule has 1 aliphatic rings. The Balaban J connectivity index is 2.81. The lowest BCUT2D eigenvalue weighted by Crippen LogP contribution is -2.33. The molecule has 0 aromatic rings. The summed E-state index contributed by atoms with van der Waals surface area (Å²) in [6.07, 6.45) is -0.441. The summed E-state index contributed by atoms with van der Waals surface area (Å²) in [5.41, 5.74) is -0.467. The van der Waals surface area contributed by atoms with Gasteiger partial charge in [-0.25, -0.2) is 4.74 Å². The molecule has 0 spiro atoms. The summed E-state index contributed by atoms with van der Waals surface area (Å²) in [6.45, 7) is 10.1. The molecule has 18 heavy (non-hydrogen) atoms. The van der Waals surface area contributed by atoms with Crippen LogP contribution in [0, 0.1) is 22.5 Å². The molecule has 102 valence electrons. The fourth-order valence-electron chi connectivity index (χ4n) is 2.10. The van der Waals surface area contributed by atoms with Crippen LogP contribution in [-0.4, -0.2) is 41.3 Å². The van der Waals surface area contributed by atoms with Crippen molar-refractivity contribution in [3.8, 4) is 11.8 Å². The van der Waals surface area contributed by atoms with Crippen LogP contribution >= 0.6 is 0 Å². The Kier molecular flexibility index (Phi) is 4.38. The van der Waals surface area contributed by atoms with Crippen LogP contribution in [0.4, 0.5) is 0 Å². The van der Waals surface area contributed by atoms with Crippen LogP contribution in [0.5, 0.6) is 0 Å². The number of hydrogen-bond acceptors (Lipinski definition) is 4. The van der Waals surface area contributed by atoms with E-state index >= 15 is 0 Å². The molecule has 0 aliphatic carbocycles. The van der Waals surface area contributed by atoms with Crippen LogP contribution in [0.3, 0.4) is 0 Å². The summed E-state index contributed by atoms with van der Waals surface area (Å²) in [5.74, 6) is 4.63. The number of aliphatic hydroxyl groups is 1. The van der Waals surface area contributed by atoms with E-state index in [2.05, 4.69) is 18.6 Å². The minimum atomic E-state index is -1.28. The molecule has 1 fully saturated rings. The number of hydroxylamine groups is 1. The van der Waals surface area contributed by atoms with E-state index in [0.29, 0.717) is 11.2 Å². The molecule has 0 bridgehead atoms. The Morgan fingerprint density at radius 3 is 2.72 bits per heavy atom. The van der Waals surface area contributed by atoms with Gasteiger partial charge in [0, 0.05) is 6.42 Å². The predicted octanol–water partition coefficient (Wildman–Crippen LogP) is 1.09. The van der Waals surface area contributed by atoms with Crippen molar-refractivity contribution in [3.63, 3.8) is 0 Å². The topological polar surface area (TPSA) is 64.8 Å². The molecule has 1 unspecified atom stereocenters. The van der Waals surface area contributed by atoms with E-state index in [-0.39, 0.29) is 12.6 Å². The standard InChI is InChI=1S/C13H21NO4/c1-6-7-13(4)8-11(18-12(2,3)15)17-10(13)9-14(5)16/h10-11,15H,5,8-9H2,1-4H3/t10-,11-,13?/m1/s1. The highest BCUT2D eigenvalue weighted by atomic mass is 16.7. The third-order valence-corrected chi connectivity index (χ3v) is 2.82. The smallest absolute Gasteiger partial charge is 0.180 e. The molecule has 0 aromatic heterocycles. The largest absolute Gasteiger partial charge is 0.624 e. The second-order valence-corrected chi connectivity index (χ2v) is 5.28. The number of ether oxygens (including phenoxy) is 2.